The number of hydrogen-bond donors (Lipinski definition) is 1. The van der Waals surface area contributed by atoms with Gasteiger partial charge in [0.25, 0.3) is 0 Å². The van der Waals surface area contributed by atoms with Gasteiger partial charge in [-0.25, -0.2) is 4.98 Å². The lowest BCUT2D eigenvalue weighted by Gasteiger charge is -2.16. The summed E-state index contributed by atoms with van der Waals surface area (Å²) in [6, 6.07) is 15.3. The average molecular weight is 327 g/mol. The number of ether oxygens (including phenoxy) is 1. The number of carbonyl (C=O) groups excluding carboxylic acids is 1. The SMILES string of the molecule is COc1ccccc1NC(=O)CN(C)c1nc2ccccc2s1. The van der Waals surface area contributed by atoms with Crippen molar-refractivity contribution >= 4 is 38.3 Å². The predicted octanol–water partition coefficient (Wildman–Crippen LogP) is 3.38. The van der Waals surface area contributed by atoms with Crippen LogP contribution in [0.4, 0.5) is 10.8 Å². The van der Waals surface area contributed by atoms with Gasteiger partial charge in [-0.3, -0.25) is 4.79 Å². The first-order valence-corrected chi connectivity index (χ1v) is 7.98. The van der Waals surface area contributed by atoms with Crippen molar-refractivity contribution in [1.82, 2.24) is 4.98 Å². The average Bonchev–Trinajstić information content (AvgIpc) is 2.99. The van der Waals surface area contributed by atoms with E-state index in [1.807, 2.05) is 60.5 Å². The Morgan fingerprint density at radius 1 is 1.22 bits per heavy atom. The lowest BCUT2D eigenvalue weighted by Crippen LogP contribution is -2.30. The molecule has 0 bridgehead atoms. The minimum atomic E-state index is -0.115. The number of likely N-dealkylation sites (N-methyl/N-ethyl adjacent to an activating group) is 1. The molecule has 0 unspecified atom stereocenters. The maximum atomic E-state index is 12.2. The van der Waals surface area contributed by atoms with Gasteiger partial charge in [0.2, 0.25) is 5.91 Å². The molecule has 118 valence electrons. The highest BCUT2D eigenvalue weighted by atomic mass is 32.1. The van der Waals surface area contributed by atoms with Crippen molar-refractivity contribution in [2.45, 2.75) is 0 Å². The molecular formula is C17H17N3O2S. The molecule has 2 aromatic carbocycles. The smallest absolute Gasteiger partial charge is 0.244 e. The van der Waals surface area contributed by atoms with Gasteiger partial charge < -0.3 is 15.0 Å². The standard InChI is InChI=1S/C17H17N3O2S/c1-20(17-19-13-8-4-6-10-15(13)23-17)11-16(21)18-12-7-3-5-9-14(12)22-2/h3-10H,11H2,1-2H3,(H,18,21). The van der Waals surface area contributed by atoms with E-state index in [-0.39, 0.29) is 12.5 Å². The topological polar surface area (TPSA) is 54.5 Å². The number of nitrogens with one attached hydrogen (secondary N) is 1. The van der Waals surface area contributed by atoms with Gasteiger partial charge in [0, 0.05) is 7.05 Å². The van der Waals surface area contributed by atoms with Crippen LogP contribution in [0.15, 0.2) is 48.5 Å². The van der Waals surface area contributed by atoms with Gasteiger partial charge in [0.15, 0.2) is 5.13 Å². The third-order valence-corrected chi connectivity index (χ3v) is 4.52. The molecule has 1 heterocycles. The fourth-order valence-corrected chi connectivity index (χ4v) is 3.17. The molecule has 5 nitrogen and oxygen atoms in total. The van der Waals surface area contributed by atoms with E-state index in [9.17, 15) is 4.79 Å². The number of carbonyl (C=O) groups is 1. The van der Waals surface area contributed by atoms with E-state index < -0.39 is 0 Å². The highest BCUT2D eigenvalue weighted by Gasteiger charge is 2.13. The maximum Gasteiger partial charge on any atom is 0.244 e. The Balaban J connectivity index is 1.69. The largest absolute Gasteiger partial charge is 0.495 e. The van der Waals surface area contributed by atoms with E-state index in [0.717, 1.165) is 15.3 Å². The molecule has 3 rings (SSSR count). The molecule has 0 spiro atoms. The number of hydrogen-bond acceptors (Lipinski definition) is 5. The summed E-state index contributed by atoms with van der Waals surface area (Å²) >= 11 is 1.57. The summed E-state index contributed by atoms with van der Waals surface area (Å²) in [6.45, 7) is 0.220. The summed E-state index contributed by atoms with van der Waals surface area (Å²) in [5.74, 6) is 0.528. The summed E-state index contributed by atoms with van der Waals surface area (Å²) < 4.78 is 6.35. The van der Waals surface area contributed by atoms with Crippen molar-refractivity contribution in [2.75, 3.05) is 30.9 Å². The third-order valence-electron chi connectivity index (χ3n) is 3.37. The Morgan fingerprint density at radius 3 is 2.74 bits per heavy atom. The van der Waals surface area contributed by atoms with Crippen LogP contribution in [0, 0.1) is 0 Å². The molecule has 0 aliphatic carbocycles. The monoisotopic (exact) mass is 327 g/mol. The molecule has 0 radical (unpaired) electrons. The van der Waals surface area contributed by atoms with E-state index in [4.69, 9.17) is 4.74 Å². The predicted molar refractivity (Wildman–Crippen MR) is 94.5 cm³/mol. The number of methoxy groups -OCH3 is 1. The maximum absolute atomic E-state index is 12.2. The molecule has 0 saturated carbocycles. The van der Waals surface area contributed by atoms with E-state index in [2.05, 4.69) is 10.3 Å². The Hall–Kier alpha value is -2.60. The molecule has 1 N–H and O–H groups in total. The van der Waals surface area contributed by atoms with Crippen LogP contribution in [0.2, 0.25) is 0 Å². The number of rotatable bonds is 5. The molecule has 1 amide bonds. The number of aromatic nitrogens is 1. The van der Waals surface area contributed by atoms with E-state index in [1.165, 1.54) is 0 Å². The minimum absolute atomic E-state index is 0.115. The van der Waals surface area contributed by atoms with Crippen LogP contribution >= 0.6 is 11.3 Å². The highest BCUT2D eigenvalue weighted by molar-refractivity contribution is 7.22. The van der Waals surface area contributed by atoms with Crippen LogP contribution in [0.3, 0.4) is 0 Å². The Labute approximate surface area is 138 Å². The van der Waals surface area contributed by atoms with Gasteiger partial charge in [-0.1, -0.05) is 35.6 Å². The zero-order valence-electron chi connectivity index (χ0n) is 12.9. The van der Waals surface area contributed by atoms with Crippen LogP contribution in [0.25, 0.3) is 10.2 Å². The molecule has 3 aromatic rings. The second kappa shape index (κ2) is 6.66. The number of amides is 1. The molecular weight excluding hydrogens is 310 g/mol. The second-order valence-electron chi connectivity index (χ2n) is 5.07. The highest BCUT2D eigenvalue weighted by Crippen LogP contribution is 2.28. The zero-order chi connectivity index (χ0) is 16.2. The van der Waals surface area contributed by atoms with Crippen molar-refractivity contribution in [1.29, 1.82) is 0 Å². The van der Waals surface area contributed by atoms with Gasteiger partial charge in [-0.15, -0.1) is 0 Å². The Bertz CT molecular complexity index is 798. The number of fused-ring (bicyclic) bond motifs is 1. The zero-order valence-corrected chi connectivity index (χ0v) is 13.8. The van der Waals surface area contributed by atoms with Gasteiger partial charge in [0.05, 0.1) is 29.6 Å². The fourth-order valence-electron chi connectivity index (χ4n) is 2.24. The van der Waals surface area contributed by atoms with Crippen LogP contribution in [-0.4, -0.2) is 31.6 Å². The van der Waals surface area contributed by atoms with Crippen LogP contribution in [-0.2, 0) is 4.79 Å². The van der Waals surface area contributed by atoms with E-state index in [1.54, 1.807) is 18.4 Å². The molecule has 23 heavy (non-hydrogen) atoms. The summed E-state index contributed by atoms with van der Waals surface area (Å²) in [5, 5.41) is 3.69. The number of thiazole rings is 1. The number of para-hydroxylation sites is 3. The molecule has 1 aromatic heterocycles. The van der Waals surface area contributed by atoms with E-state index in [0.29, 0.717) is 11.4 Å². The summed E-state index contributed by atoms with van der Waals surface area (Å²) in [6.07, 6.45) is 0. The van der Waals surface area contributed by atoms with Gasteiger partial charge in [-0.05, 0) is 24.3 Å². The first kappa shape index (κ1) is 15.3. The quantitative estimate of drug-likeness (QED) is 0.780. The number of nitrogens with zero attached hydrogens (tertiary/aromatic N) is 2. The van der Waals surface area contributed by atoms with Crippen molar-refractivity contribution in [3.8, 4) is 5.75 Å². The van der Waals surface area contributed by atoms with Gasteiger partial charge in [-0.2, -0.15) is 0 Å². The number of benzene rings is 2. The summed E-state index contributed by atoms with van der Waals surface area (Å²) in [7, 11) is 3.44. The van der Waals surface area contributed by atoms with Crippen molar-refractivity contribution in [3.05, 3.63) is 48.5 Å². The van der Waals surface area contributed by atoms with E-state index >= 15 is 0 Å². The summed E-state index contributed by atoms with van der Waals surface area (Å²) in [4.78, 5) is 18.6. The molecule has 6 heteroatoms. The first-order chi connectivity index (χ1) is 11.2. The lowest BCUT2D eigenvalue weighted by atomic mass is 10.3. The third kappa shape index (κ3) is 3.43. The molecule has 0 atom stereocenters. The Morgan fingerprint density at radius 2 is 1.96 bits per heavy atom. The molecule has 0 fully saturated rings. The normalized spacial score (nSPS) is 10.5. The molecule has 0 aliphatic rings. The van der Waals surface area contributed by atoms with Crippen LogP contribution < -0.4 is 15.0 Å². The van der Waals surface area contributed by atoms with Gasteiger partial charge >= 0.3 is 0 Å². The first-order valence-electron chi connectivity index (χ1n) is 7.17. The van der Waals surface area contributed by atoms with Crippen molar-refractivity contribution in [3.63, 3.8) is 0 Å². The number of anilines is 2. The van der Waals surface area contributed by atoms with Crippen LogP contribution in [0.1, 0.15) is 0 Å². The second-order valence-corrected chi connectivity index (χ2v) is 6.08. The molecule has 0 saturated heterocycles. The Kier molecular flexibility index (Phi) is 4.43. The van der Waals surface area contributed by atoms with Crippen molar-refractivity contribution in [2.24, 2.45) is 0 Å². The lowest BCUT2D eigenvalue weighted by molar-refractivity contribution is -0.114. The van der Waals surface area contributed by atoms with Crippen LogP contribution in [0.5, 0.6) is 5.75 Å². The fraction of sp³-hybridized carbons (Fsp3) is 0.176. The van der Waals surface area contributed by atoms with Gasteiger partial charge in [0.1, 0.15) is 5.75 Å². The molecule has 0 aliphatic heterocycles. The minimum Gasteiger partial charge on any atom is -0.495 e. The summed E-state index contributed by atoms with van der Waals surface area (Å²) in [5.41, 5.74) is 1.61. The van der Waals surface area contributed by atoms with Crippen molar-refractivity contribution < 1.29 is 9.53 Å².